The quantitative estimate of drug-likeness (QED) is 0.176. The Morgan fingerprint density at radius 2 is 0.758 bits per heavy atom. The maximum Gasteiger partial charge on any atom is 0.149 e. The molecule has 62 heavy (non-hydrogen) atoms. The van der Waals surface area contributed by atoms with Crippen molar-refractivity contribution in [3.8, 4) is 56.4 Å². The van der Waals surface area contributed by atoms with E-state index in [4.69, 9.17) is 9.47 Å². The lowest BCUT2D eigenvalue weighted by atomic mass is 9.81. The fraction of sp³-hybridized carbons (Fsp3) is 0.158. The van der Waals surface area contributed by atoms with Crippen molar-refractivity contribution >= 4 is 40.6 Å². The molecule has 3 aliphatic carbocycles. The van der Waals surface area contributed by atoms with Crippen LogP contribution in [0.3, 0.4) is 0 Å². The molecular weight excluding hydrogens is 795 g/mol. The molecule has 2 aliphatic heterocycles. The van der Waals surface area contributed by atoms with Gasteiger partial charge in [-0.2, -0.15) is 0 Å². The van der Waals surface area contributed by atoms with E-state index in [1.54, 1.807) is 23.5 Å². The summed E-state index contributed by atoms with van der Waals surface area (Å²) >= 11 is 3.60. The second kappa shape index (κ2) is 12.5. The van der Waals surface area contributed by atoms with Crippen LogP contribution in [0.2, 0.25) is 0 Å². The summed E-state index contributed by atoms with van der Waals surface area (Å²) in [6.07, 6.45) is 0. The Balaban J connectivity index is 0.986. The molecule has 5 aliphatic rings. The Bertz CT molecular complexity index is 3140. The first-order valence-corrected chi connectivity index (χ1v) is 23.2. The predicted octanol–water partition coefficient (Wildman–Crippen LogP) is 16.6. The lowest BCUT2D eigenvalue weighted by molar-refractivity contribution is 0.455. The molecular formula is C57H43NO2S2. The lowest BCUT2D eigenvalue weighted by Gasteiger charge is -2.31. The molecule has 8 aromatic carbocycles. The van der Waals surface area contributed by atoms with Crippen LogP contribution in [-0.4, -0.2) is 0 Å². The van der Waals surface area contributed by atoms with Gasteiger partial charge in [0.1, 0.15) is 23.0 Å². The third-order valence-corrected chi connectivity index (χ3v) is 16.6. The number of nitrogens with zero attached hydrogens (tertiary/aromatic N) is 1. The summed E-state index contributed by atoms with van der Waals surface area (Å²) in [5.41, 5.74) is 18.3. The van der Waals surface area contributed by atoms with Crippen molar-refractivity contribution in [2.75, 3.05) is 4.90 Å². The van der Waals surface area contributed by atoms with Crippen LogP contribution in [0.1, 0.15) is 74.9 Å². The first kappa shape index (κ1) is 36.5. The van der Waals surface area contributed by atoms with Crippen molar-refractivity contribution in [2.24, 2.45) is 0 Å². The Hall–Kier alpha value is -6.14. The average molecular weight is 838 g/mol. The number of rotatable bonds is 3. The van der Waals surface area contributed by atoms with Crippen LogP contribution in [0.5, 0.6) is 23.0 Å². The molecule has 0 N–H and O–H groups in total. The van der Waals surface area contributed by atoms with Gasteiger partial charge >= 0.3 is 0 Å². The fourth-order valence-corrected chi connectivity index (χ4v) is 13.1. The number of para-hydroxylation sites is 2. The molecule has 0 radical (unpaired) electrons. The number of ether oxygens (including phenoxy) is 2. The van der Waals surface area contributed by atoms with E-state index >= 15 is 0 Å². The highest BCUT2D eigenvalue weighted by Gasteiger charge is 2.43. The van der Waals surface area contributed by atoms with Crippen LogP contribution in [-0.2, 0) is 16.2 Å². The monoisotopic (exact) mass is 837 g/mol. The second-order valence-corrected chi connectivity index (χ2v) is 21.0. The van der Waals surface area contributed by atoms with Gasteiger partial charge in [0.15, 0.2) is 0 Å². The van der Waals surface area contributed by atoms with Gasteiger partial charge in [0.05, 0.1) is 19.6 Å². The third kappa shape index (κ3) is 4.87. The second-order valence-electron chi connectivity index (χ2n) is 18.9. The normalized spacial score (nSPS) is 16.4. The minimum atomic E-state index is -0.245. The fourth-order valence-electron chi connectivity index (χ4n) is 11.1. The van der Waals surface area contributed by atoms with Crippen molar-refractivity contribution < 1.29 is 9.47 Å². The topological polar surface area (TPSA) is 21.7 Å². The molecule has 0 saturated carbocycles. The van der Waals surface area contributed by atoms with Crippen LogP contribution in [0.25, 0.3) is 33.4 Å². The summed E-state index contributed by atoms with van der Waals surface area (Å²) < 4.78 is 13.5. The Morgan fingerprint density at radius 3 is 1.27 bits per heavy atom. The maximum atomic E-state index is 6.77. The van der Waals surface area contributed by atoms with E-state index in [1.807, 2.05) is 0 Å². The molecule has 5 heteroatoms. The number of fused-ring (bicyclic) bond motifs is 15. The molecule has 0 spiro atoms. The van der Waals surface area contributed by atoms with Gasteiger partial charge in [-0.15, -0.1) is 0 Å². The molecule has 0 unspecified atom stereocenters. The highest BCUT2D eigenvalue weighted by molar-refractivity contribution is 8.00. The van der Waals surface area contributed by atoms with Crippen molar-refractivity contribution in [3.63, 3.8) is 0 Å². The standard InChI is InChI=1S/C57H43NO2S2/c1-55(2)39-14-8-7-13-35(39)36-22-19-32(29-42(36)55)58(33-20-23-37-43(30-33)56(3,4)40-25-27-49-53(51(37)40)59-45-15-9-11-17-47(45)61-49)34-21-24-38-44(31-34)57(5,6)41-26-28-50-54(52(38)41)60-46-16-10-12-18-48(46)62-50/h7-31H,1-6H3. The maximum absolute atomic E-state index is 6.77. The number of benzene rings is 8. The van der Waals surface area contributed by atoms with Crippen LogP contribution in [0.4, 0.5) is 17.1 Å². The molecule has 300 valence electrons. The number of anilines is 3. The van der Waals surface area contributed by atoms with Gasteiger partial charge in [-0.05, 0) is 128 Å². The first-order chi connectivity index (χ1) is 30.0. The molecule has 2 heterocycles. The summed E-state index contributed by atoms with van der Waals surface area (Å²) in [6.45, 7) is 14.2. The minimum Gasteiger partial charge on any atom is -0.454 e. The summed E-state index contributed by atoms with van der Waals surface area (Å²) in [5, 5.41) is 0. The third-order valence-electron chi connectivity index (χ3n) is 14.4. The molecule has 0 bridgehead atoms. The Morgan fingerprint density at radius 1 is 0.355 bits per heavy atom. The molecule has 8 aromatic rings. The summed E-state index contributed by atoms with van der Waals surface area (Å²) in [5.74, 6) is 3.78. The molecule has 0 atom stereocenters. The lowest BCUT2D eigenvalue weighted by Crippen LogP contribution is -2.19. The van der Waals surface area contributed by atoms with Crippen LogP contribution in [0, 0.1) is 0 Å². The van der Waals surface area contributed by atoms with Gasteiger partial charge in [0.25, 0.3) is 0 Å². The van der Waals surface area contributed by atoms with E-state index in [0.717, 1.165) is 59.6 Å². The van der Waals surface area contributed by atoms with Crippen molar-refractivity contribution in [3.05, 3.63) is 185 Å². The smallest absolute Gasteiger partial charge is 0.149 e. The Labute approximate surface area is 371 Å². The summed E-state index contributed by atoms with van der Waals surface area (Å²) in [6, 6.07) is 56.2. The largest absolute Gasteiger partial charge is 0.454 e. The van der Waals surface area contributed by atoms with Crippen LogP contribution < -0.4 is 14.4 Å². The zero-order valence-electron chi connectivity index (χ0n) is 35.5. The van der Waals surface area contributed by atoms with Gasteiger partial charge in [-0.3, -0.25) is 0 Å². The van der Waals surface area contributed by atoms with Crippen molar-refractivity contribution in [1.82, 2.24) is 0 Å². The summed E-state index contributed by atoms with van der Waals surface area (Å²) in [7, 11) is 0. The number of hydrogen-bond acceptors (Lipinski definition) is 5. The first-order valence-electron chi connectivity index (χ1n) is 21.6. The highest BCUT2D eigenvalue weighted by atomic mass is 32.2. The zero-order chi connectivity index (χ0) is 41.9. The van der Waals surface area contributed by atoms with E-state index in [0.29, 0.717) is 0 Å². The van der Waals surface area contributed by atoms with Crippen molar-refractivity contribution in [2.45, 2.75) is 77.4 Å². The molecule has 0 aromatic heterocycles. The minimum absolute atomic E-state index is 0.137. The van der Waals surface area contributed by atoms with Crippen LogP contribution >= 0.6 is 23.5 Å². The average Bonchev–Trinajstić information content (AvgIpc) is 3.77. The zero-order valence-corrected chi connectivity index (χ0v) is 37.1. The molecule has 13 rings (SSSR count). The van der Waals surface area contributed by atoms with E-state index < -0.39 is 0 Å². The van der Waals surface area contributed by atoms with E-state index in [-0.39, 0.29) is 16.2 Å². The van der Waals surface area contributed by atoms with Crippen molar-refractivity contribution in [1.29, 1.82) is 0 Å². The molecule has 0 saturated heterocycles. The van der Waals surface area contributed by atoms with E-state index in [9.17, 15) is 0 Å². The van der Waals surface area contributed by atoms with E-state index in [2.05, 4.69) is 198 Å². The predicted molar refractivity (Wildman–Crippen MR) is 255 cm³/mol. The van der Waals surface area contributed by atoms with Gasteiger partial charge in [0.2, 0.25) is 0 Å². The highest BCUT2D eigenvalue weighted by Crippen LogP contribution is 2.62. The molecule has 0 amide bonds. The van der Waals surface area contributed by atoms with Gasteiger partial charge in [-0.25, -0.2) is 0 Å². The molecule has 0 fully saturated rings. The Kier molecular flexibility index (Phi) is 7.36. The van der Waals surface area contributed by atoms with Crippen LogP contribution in [0.15, 0.2) is 171 Å². The van der Waals surface area contributed by atoms with E-state index in [1.165, 1.54) is 66.8 Å². The van der Waals surface area contributed by atoms with Gasteiger partial charge in [-0.1, -0.05) is 144 Å². The van der Waals surface area contributed by atoms with Gasteiger partial charge < -0.3 is 14.4 Å². The number of hydrogen-bond donors (Lipinski definition) is 0. The molecule has 3 nitrogen and oxygen atoms in total. The summed E-state index contributed by atoms with van der Waals surface area (Å²) in [4.78, 5) is 7.13. The van der Waals surface area contributed by atoms with Gasteiger partial charge in [0, 0.05) is 44.4 Å². The SMILES string of the molecule is CC1(C)c2ccccc2-c2ccc(N(c3ccc4c(c3)C(C)(C)c3ccc5c(c3-4)Oc3ccccc3S5)c3ccc4c(c3)C(C)(C)c3ccc5c(c3-4)Oc3ccccc3S5)cc21.